The lowest BCUT2D eigenvalue weighted by Crippen LogP contribution is -2.17. The van der Waals surface area contributed by atoms with Crippen LogP contribution in [0.5, 0.6) is 0 Å². The van der Waals surface area contributed by atoms with E-state index in [1.165, 1.54) is 0 Å². The van der Waals surface area contributed by atoms with Crippen molar-refractivity contribution in [3.05, 3.63) is 0 Å². The molecule has 2 heteroatoms. The number of hydrogen-bond acceptors (Lipinski definition) is 2. The van der Waals surface area contributed by atoms with E-state index in [4.69, 9.17) is 0 Å². The van der Waals surface area contributed by atoms with Crippen molar-refractivity contribution in [1.29, 1.82) is 0 Å². The van der Waals surface area contributed by atoms with Crippen molar-refractivity contribution in [2.24, 2.45) is 5.41 Å². The summed E-state index contributed by atoms with van der Waals surface area (Å²) in [5.41, 5.74) is 0.266. The third kappa shape index (κ3) is 2.17. The highest BCUT2D eigenvalue weighted by atomic mass is 16.2. The van der Waals surface area contributed by atoms with E-state index in [0.717, 1.165) is 25.7 Å². The number of Topliss-reactive ketones (excluding diaryl/α,β-unsaturated/α-hetero) is 2. The van der Waals surface area contributed by atoms with Crippen LogP contribution >= 0.6 is 0 Å². The van der Waals surface area contributed by atoms with Crippen molar-refractivity contribution in [2.75, 3.05) is 0 Å². The molecular weight excluding hydrogens is 164 g/mol. The molecule has 0 spiro atoms. The molecule has 0 saturated heterocycles. The largest absolute Gasteiger partial charge is 0.291 e. The van der Waals surface area contributed by atoms with Gasteiger partial charge in [0.2, 0.25) is 0 Å². The lowest BCUT2D eigenvalue weighted by Gasteiger charge is -2.29. The Labute approximate surface area is 79.7 Å². The number of rotatable bonds is 2. The summed E-state index contributed by atoms with van der Waals surface area (Å²) in [5, 5.41) is 0. The molecule has 0 N–H and O–H groups in total. The van der Waals surface area contributed by atoms with Crippen LogP contribution in [0, 0.1) is 5.41 Å². The standard InChI is InChI=1S/C11H18O2/c1-3-11(4-2)7-5-9(12)10(13)6-8-11/h3-8H2,1-2H3. The van der Waals surface area contributed by atoms with Crippen LogP contribution in [0.2, 0.25) is 0 Å². The van der Waals surface area contributed by atoms with Gasteiger partial charge in [-0.05, 0) is 18.3 Å². The van der Waals surface area contributed by atoms with Gasteiger partial charge in [-0.2, -0.15) is 0 Å². The number of hydrogen-bond donors (Lipinski definition) is 0. The molecule has 2 nitrogen and oxygen atoms in total. The van der Waals surface area contributed by atoms with Gasteiger partial charge in [-0.1, -0.05) is 26.7 Å². The molecule has 0 aromatic heterocycles. The average Bonchev–Trinajstić information content (AvgIpc) is 2.30. The maximum atomic E-state index is 11.2. The molecule has 1 aliphatic rings. The van der Waals surface area contributed by atoms with E-state index in [1.807, 2.05) is 0 Å². The average molecular weight is 182 g/mol. The van der Waals surface area contributed by atoms with Crippen molar-refractivity contribution in [2.45, 2.75) is 52.4 Å². The van der Waals surface area contributed by atoms with Crippen molar-refractivity contribution >= 4 is 11.6 Å². The first-order valence-corrected chi connectivity index (χ1v) is 5.19. The zero-order valence-corrected chi connectivity index (χ0v) is 8.56. The quantitative estimate of drug-likeness (QED) is 0.485. The van der Waals surface area contributed by atoms with Crippen LogP contribution in [0.3, 0.4) is 0 Å². The minimum atomic E-state index is -0.149. The van der Waals surface area contributed by atoms with Crippen molar-refractivity contribution in [1.82, 2.24) is 0 Å². The van der Waals surface area contributed by atoms with Gasteiger partial charge in [0.15, 0.2) is 11.6 Å². The Kier molecular flexibility index (Phi) is 3.23. The van der Waals surface area contributed by atoms with Crippen LogP contribution in [0.25, 0.3) is 0 Å². The summed E-state index contributed by atoms with van der Waals surface area (Å²) >= 11 is 0. The van der Waals surface area contributed by atoms with Gasteiger partial charge < -0.3 is 0 Å². The van der Waals surface area contributed by atoms with Gasteiger partial charge >= 0.3 is 0 Å². The summed E-state index contributed by atoms with van der Waals surface area (Å²) in [6.45, 7) is 4.31. The van der Waals surface area contributed by atoms with Gasteiger partial charge in [0.05, 0.1) is 0 Å². The molecule has 0 radical (unpaired) electrons. The molecular formula is C11H18O2. The maximum Gasteiger partial charge on any atom is 0.198 e. The highest BCUT2D eigenvalue weighted by Gasteiger charge is 2.32. The van der Waals surface area contributed by atoms with Gasteiger partial charge in [-0.3, -0.25) is 9.59 Å². The van der Waals surface area contributed by atoms with Gasteiger partial charge in [-0.25, -0.2) is 0 Å². The normalized spacial score (nSPS) is 22.9. The molecule has 1 aliphatic carbocycles. The summed E-state index contributed by atoms with van der Waals surface area (Å²) in [6, 6.07) is 0. The van der Waals surface area contributed by atoms with E-state index in [9.17, 15) is 9.59 Å². The van der Waals surface area contributed by atoms with Crippen LogP contribution in [0.1, 0.15) is 52.4 Å². The Morgan fingerprint density at radius 2 is 1.38 bits per heavy atom. The lowest BCUT2D eigenvalue weighted by atomic mass is 9.76. The topological polar surface area (TPSA) is 34.1 Å². The van der Waals surface area contributed by atoms with Gasteiger partial charge in [0.25, 0.3) is 0 Å². The Morgan fingerprint density at radius 3 is 1.69 bits per heavy atom. The lowest BCUT2D eigenvalue weighted by molar-refractivity contribution is -0.136. The van der Waals surface area contributed by atoms with E-state index < -0.39 is 0 Å². The summed E-state index contributed by atoms with van der Waals surface area (Å²) in [5.74, 6) is -0.299. The van der Waals surface area contributed by atoms with E-state index >= 15 is 0 Å². The van der Waals surface area contributed by atoms with Gasteiger partial charge in [0, 0.05) is 12.8 Å². The Hall–Kier alpha value is -0.660. The van der Waals surface area contributed by atoms with E-state index in [1.54, 1.807) is 0 Å². The van der Waals surface area contributed by atoms with Gasteiger partial charge in [-0.15, -0.1) is 0 Å². The molecule has 0 aromatic carbocycles. The summed E-state index contributed by atoms with van der Waals surface area (Å²) < 4.78 is 0. The molecule has 0 aromatic rings. The molecule has 74 valence electrons. The fourth-order valence-corrected chi connectivity index (χ4v) is 2.12. The minimum absolute atomic E-state index is 0.149. The van der Waals surface area contributed by atoms with Crippen LogP contribution in [0.4, 0.5) is 0 Å². The zero-order valence-electron chi connectivity index (χ0n) is 8.56. The van der Waals surface area contributed by atoms with Crippen molar-refractivity contribution < 1.29 is 9.59 Å². The second-order valence-electron chi connectivity index (χ2n) is 4.05. The molecule has 1 rings (SSSR count). The van der Waals surface area contributed by atoms with Crippen LogP contribution in [-0.2, 0) is 9.59 Å². The smallest absolute Gasteiger partial charge is 0.198 e. The Morgan fingerprint density at radius 1 is 1.00 bits per heavy atom. The zero-order chi connectivity index (χ0) is 9.90. The summed E-state index contributed by atoms with van der Waals surface area (Å²) in [7, 11) is 0. The van der Waals surface area contributed by atoms with E-state index in [2.05, 4.69) is 13.8 Å². The number of ketones is 2. The third-order valence-electron chi connectivity index (χ3n) is 3.58. The fourth-order valence-electron chi connectivity index (χ4n) is 2.12. The Balaban J connectivity index is 2.72. The molecule has 0 amide bonds. The predicted molar refractivity (Wildman–Crippen MR) is 51.5 cm³/mol. The first-order chi connectivity index (χ1) is 6.13. The second kappa shape index (κ2) is 4.03. The fraction of sp³-hybridized carbons (Fsp3) is 0.818. The SMILES string of the molecule is CCC1(CC)CCC(=O)C(=O)CC1. The number of carbonyl (C=O) groups excluding carboxylic acids is 2. The minimum Gasteiger partial charge on any atom is -0.291 e. The van der Waals surface area contributed by atoms with Crippen LogP contribution in [-0.4, -0.2) is 11.6 Å². The van der Waals surface area contributed by atoms with E-state index in [-0.39, 0.29) is 17.0 Å². The molecule has 0 bridgehead atoms. The highest BCUT2D eigenvalue weighted by molar-refractivity contribution is 6.37. The molecule has 0 aliphatic heterocycles. The molecule has 1 fully saturated rings. The first kappa shape index (κ1) is 10.4. The Bertz CT molecular complexity index is 194. The molecule has 0 atom stereocenters. The monoisotopic (exact) mass is 182 g/mol. The van der Waals surface area contributed by atoms with Crippen molar-refractivity contribution in [3.63, 3.8) is 0 Å². The van der Waals surface area contributed by atoms with E-state index in [0.29, 0.717) is 12.8 Å². The van der Waals surface area contributed by atoms with Crippen LogP contribution in [0.15, 0.2) is 0 Å². The highest BCUT2D eigenvalue weighted by Crippen LogP contribution is 2.38. The van der Waals surface area contributed by atoms with Gasteiger partial charge in [0.1, 0.15) is 0 Å². The third-order valence-corrected chi connectivity index (χ3v) is 3.58. The molecule has 0 unspecified atom stereocenters. The maximum absolute atomic E-state index is 11.2. The summed E-state index contributed by atoms with van der Waals surface area (Å²) in [6.07, 6.45) is 4.93. The number of carbonyl (C=O) groups is 2. The van der Waals surface area contributed by atoms with Crippen molar-refractivity contribution in [3.8, 4) is 0 Å². The predicted octanol–water partition coefficient (Wildman–Crippen LogP) is 2.51. The van der Waals surface area contributed by atoms with Crippen LogP contribution < -0.4 is 0 Å². The molecule has 13 heavy (non-hydrogen) atoms. The second-order valence-corrected chi connectivity index (χ2v) is 4.05. The molecule has 1 saturated carbocycles. The summed E-state index contributed by atoms with van der Waals surface area (Å²) in [4.78, 5) is 22.4. The first-order valence-electron chi connectivity index (χ1n) is 5.19. The molecule has 0 heterocycles.